The Bertz CT molecular complexity index is 1200. The first-order valence-corrected chi connectivity index (χ1v) is 15.5. The molecule has 5 aliphatic carbocycles. The van der Waals surface area contributed by atoms with Crippen LogP contribution in [0.1, 0.15) is 110 Å². The minimum atomic E-state index is -0.576. The number of hydrogen-bond acceptors (Lipinski definition) is 4. The highest BCUT2D eigenvalue weighted by Gasteiger charge is 2.66. The van der Waals surface area contributed by atoms with Gasteiger partial charge in [0.15, 0.2) is 5.78 Å². The van der Waals surface area contributed by atoms with Gasteiger partial charge in [0.1, 0.15) is 5.69 Å². The minimum Gasteiger partial charge on any atom is -0.393 e. The molecule has 0 radical (unpaired) electrons. The third kappa shape index (κ3) is 3.77. The second-order valence-corrected chi connectivity index (χ2v) is 15.2. The molecule has 1 amide bonds. The van der Waals surface area contributed by atoms with Gasteiger partial charge in [0.2, 0.25) is 0 Å². The lowest BCUT2D eigenvalue weighted by atomic mass is 9.37. The van der Waals surface area contributed by atoms with Gasteiger partial charge in [-0.3, -0.25) is 14.6 Å². The summed E-state index contributed by atoms with van der Waals surface area (Å²) < 4.78 is 0. The molecule has 6 rings (SSSR count). The maximum Gasteiger partial charge on any atom is 0.270 e. The fourth-order valence-corrected chi connectivity index (χ4v) is 11.2. The number of nitrogens with zero attached hydrogens (tertiary/aromatic N) is 1. The number of aliphatic hydroxyl groups excluding tert-OH is 1. The monoisotopic (exact) mass is 532 g/mol. The molecular weight excluding hydrogens is 484 g/mol. The van der Waals surface area contributed by atoms with Crippen LogP contribution in [0.2, 0.25) is 0 Å². The first kappa shape index (κ1) is 27.2. The van der Waals surface area contributed by atoms with Gasteiger partial charge < -0.3 is 10.4 Å². The van der Waals surface area contributed by atoms with Gasteiger partial charge in [0.25, 0.3) is 5.91 Å². The second kappa shape index (κ2) is 8.99. The van der Waals surface area contributed by atoms with Crippen molar-refractivity contribution >= 4 is 11.7 Å². The highest BCUT2D eigenvalue weighted by atomic mass is 16.3. The van der Waals surface area contributed by atoms with Gasteiger partial charge in [-0.1, -0.05) is 47.6 Å². The number of amides is 1. The maximum atomic E-state index is 13.6. The van der Waals surface area contributed by atoms with Crippen molar-refractivity contribution in [2.75, 3.05) is 0 Å². The standard InChI is InChI=1S/C34H48N2O3/c1-20(2)28-24(37)19-34(36-30(39)23-9-7-8-18-35-23)17-12-22-21(29(28)34)10-11-26-32(22,5)15-13-25-31(3,4)27(38)14-16-33(25,26)6/h7-9,18,20-22,25-27,38H,10-17,19H2,1-6H3,(H,36,39)/t21-,22?,25?,26?,27-,32-,33-,34+/m0/s1. The van der Waals surface area contributed by atoms with E-state index in [2.05, 4.69) is 51.8 Å². The molecular formula is C34H48N2O3. The van der Waals surface area contributed by atoms with E-state index in [0.717, 1.165) is 37.7 Å². The number of carbonyl (C=O) groups excluding carboxylic acids is 2. The summed E-state index contributed by atoms with van der Waals surface area (Å²) >= 11 is 0. The lowest BCUT2D eigenvalue weighted by molar-refractivity contribution is -0.202. The molecule has 0 bridgehead atoms. The van der Waals surface area contributed by atoms with E-state index in [1.54, 1.807) is 12.3 Å². The van der Waals surface area contributed by atoms with Crippen molar-refractivity contribution in [1.82, 2.24) is 10.3 Å². The van der Waals surface area contributed by atoms with Crippen LogP contribution in [0.3, 0.4) is 0 Å². The normalized spacial score (nSPS) is 42.9. The molecule has 0 spiro atoms. The Balaban J connectivity index is 1.38. The Morgan fingerprint density at radius 1 is 0.974 bits per heavy atom. The van der Waals surface area contributed by atoms with Crippen molar-refractivity contribution < 1.29 is 14.7 Å². The van der Waals surface area contributed by atoms with Gasteiger partial charge in [0, 0.05) is 12.6 Å². The van der Waals surface area contributed by atoms with E-state index >= 15 is 0 Å². The van der Waals surface area contributed by atoms with Crippen LogP contribution in [0.5, 0.6) is 0 Å². The van der Waals surface area contributed by atoms with Gasteiger partial charge in [0.05, 0.1) is 11.6 Å². The summed E-state index contributed by atoms with van der Waals surface area (Å²) in [5.74, 6) is 2.26. The third-order valence-corrected chi connectivity index (χ3v) is 12.8. The van der Waals surface area contributed by atoms with Gasteiger partial charge in [-0.05, 0) is 120 Å². The first-order valence-electron chi connectivity index (χ1n) is 15.5. The van der Waals surface area contributed by atoms with Gasteiger partial charge >= 0.3 is 0 Å². The maximum absolute atomic E-state index is 13.6. The summed E-state index contributed by atoms with van der Waals surface area (Å²) in [6, 6.07) is 5.43. The van der Waals surface area contributed by atoms with Crippen LogP contribution in [0.15, 0.2) is 35.5 Å². The van der Waals surface area contributed by atoms with Crippen LogP contribution < -0.4 is 5.32 Å². The van der Waals surface area contributed by atoms with Gasteiger partial charge in [-0.2, -0.15) is 0 Å². The molecule has 5 nitrogen and oxygen atoms in total. The van der Waals surface area contributed by atoms with Crippen LogP contribution in [-0.4, -0.2) is 33.4 Å². The second-order valence-electron chi connectivity index (χ2n) is 15.2. The zero-order valence-corrected chi connectivity index (χ0v) is 24.8. The third-order valence-electron chi connectivity index (χ3n) is 12.8. The van der Waals surface area contributed by atoms with Crippen molar-refractivity contribution in [3.05, 3.63) is 41.2 Å². The Labute approximate surface area is 234 Å². The number of pyridine rings is 1. The van der Waals surface area contributed by atoms with Gasteiger partial charge in [-0.15, -0.1) is 0 Å². The largest absolute Gasteiger partial charge is 0.393 e. The molecule has 39 heavy (non-hydrogen) atoms. The molecule has 0 aromatic carbocycles. The highest BCUT2D eigenvalue weighted by molar-refractivity contribution is 6.03. The lowest BCUT2D eigenvalue weighted by Crippen LogP contribution is -2.64. The van der Waals surface area contributed by atoms with Crippen LogP contribution >= 0.6 is 0 Å². The van der Waals surface area contributed by atoms with E-state index in [1.165, 1.54) is 24.8 Å². The van der Waals surface area contributed by atoms with Crippen molar-refractivity contribution in [2.24, 2.45) is 45.8 Å². The van der Waals surface area contributed by atoms with E-state index in [0.29, 0.717) is 35.8 Å². The van der Waals surface area contributed by atoms with E-state index in [-0.39, 0.29) is 40.0 Å². The molecule has 5 aliphatic rings. The molecule has 1 aromatic rings. The Kier molecular flexibility index (Phi) is 6.27. The molecule has 0 aliphatic heterocycles. The molecule has 4 fully saturated rings. The lowest BCUT2D eigenvalue weighted by Gasteiger charge is -2.68. The molecule has 1 aromatic heterocycles. The minimum absolute atomic E-state index is 0.0478. The van der Waals surface area contributed by atoms with Crippen molar-refractivity contribution in [1.29, 1.82) is 0 Å². The van der Waals surface area contributed by atoms with Crippen molar-refractivity contribution in [2.45, 2.75) is 111 Å². The number of carbonyl (C=O) groups is 2. The smallest absolute Gasteiger partial charge is 0.270 e. The van der Waals surface area contributed by atoms with E-state index in [1.807, 2.05) is 12.1 Å². The number of allylic oxidation sites excluding steroid dienone is 1. The predicted molar refractivity (Wildman–Crippen MR) is 153 cm³/mol. The number of ketones is 1. The van der Waals surface area contributed by atoms with Crippen LogP contribution in [0.25, 0.3) is 0 Å². The van der Waals surface area contributed by atoms with Crippen molar-refractivity contribution in [3.63, 3.8) is 0 Å². The average molecular weight is 533 g/mol. The Morgan fingerprint density at radius 3 is 2.41 bits per heavy atom. The van der Waals surface area contributed by atoms with Crippen LogP contribution in [-0.2, 0) is 4.79 Å². The summed E-state index contributed by atoms with van der Waals surface area (Å²) in [5, 5.41) is 14.4. The molecule has 3 unspecified atom stereocenters. The molecule has 2 N–H and O–H groups in total. The van der Waals surface area contributed by atoms with E-state index in [4.69, 9.17) is 0 Å². The quantitative estimate of drug-likeness (QED) is 0.465. The highest BCUT2D eigenvalue weighted by Crippen LogP contribution is 2.72. The number of hydrogen-bond donors (Lipinski definition) is 2. The van der Waals surface area contributed by atoms with E-state index in [9.17, 15) is 14.7 Å². The molecule has 1 heterocycles. The zero-order valence-electron chi connectivity index (χ0n) is 24.8. The topological polar surface area (TPSA) is 79.3 Å². The van der Waals surface area contributed by atoms with E-state index < -0.39 is 5.54 Å². The summed E-state index contributed by atoms with van der Waals surface area (Å²) in [6.07, 6.45) is 10.4. The zero-order chi connectivity index (χ0) is 28.0. The fraction of sp³-hybridized carbons (Fsp3) is 0.735. The van der Waals surface area contributed by atoms with Crippen LogP contribution in [0, 0.1) is 45.8 Å². The average Bonchev–Trinajstić information content (AvgIpc) is 3.18. The predicted octanol–water partition coefficient (Wildman–Crippen LogP) is 6.52. The summed E-state index contributed by atoms with van der Waals surface area (Å²) in [4.78, 5) is 31.4. The summed E-state index contributed by atoms with van der Waals surface area (Å²) in [6.45, 7) is 14.0. The molecule has 212 valence electrons. The van der Waals surface area contributed by atoms with Crippen molar-refractivity contribution in [3.8, 4) is 0 Å². The molecule has 5 heteroatoms. The van der Waals surface area contributed by atoms with Crippen LogP contribution in [0.4, 0.5) is 0 Å². The molecule has 8 atom stereocenters. The van der Waals surface area contributed by atoms with Gasteiger partial charge in [-0.25, -0.2) is 0 Å². The fourth-order valence-electron chi connectivity index (χ4n) is 11.2. The number of aliphatic hydroxyl groups is 1. The Hall–Kier alpha value is -2.01. The Morgan fingerprint density at radius 2 is 1.72 bits per heavy atom. The summed E-state index contributed by atoms with van der Waals surface area (Å²) in [5.41, 5.74) is 2.52. The number of rotatable bonds is 3. The number of Topliss-reactive ketones (excluding diaryl/α,β-unsaturated/α-hetero) is 1. The molecule has 0 saturated heterocycles. The first-order chi connectivity index (χ1) is 18.3. The summed E-state index contributed by atoms with van der Waals surface area (Å²) in [7, 11) is 0. The molecule has 4 saturated carbocycles. The number of aromatic nitrogens is 1. The number of fused-ring (bicyclic) bond motifs is 7. The number of nitrogens with one attached hydrogen (secondary N) is 1. The SMILES string of the molecule is CC(C)C1=C2[C@H]3CCC4[C@@](C)(CCC5C(C)(C)[C@@H](O)CC[C@@]54C)C3CC[C@@]2(NC(=O)c2ccccn2)CC1=O.